The predicted molar refractivity (Wildman–Crippen MR) is 73.5 cm³/mol. The maximum absolute atomic E-state index is 8.74. The molecule has 6 N–H and O–H groups in total. The molecule has 0 heterocycles. The molecule has 0 aromatic carbocycles. The van der Waals surface area contributed by atoms with Gasteiger partial charge in [0, 0.05) is 6.61 Å². The number of rotatable bonds is 9. The van der Waals surface area contributed by atoms with Crippen LogP contribution in [0.25, 0.3) is 0 Å². The van der Waals surface area contributed by atoms with E-state index in [4.69, 9.17) is 22.6 Å². The molecule has 0 saturated carbocycles. The summed E-state index contributed by atoms with van der Waals surface area (Å²) in [6, 6.07) is 0. The highest BCUT2D eigenvalue weighted by Gasteiger charge is 1.90. The van der Waals surface area contributed by atoms with E-state index in [9.17, 15) is 0 Å². The molecule has 6 nitrogen and oxygen atoms in total. The average molecular weight is 287 g/mol. The minimum Gasteiger partial charge on any atom is -0.396 e. The molecule has 114 valence electrons. The fourth-order valence-corrected chi connectivity index (χ4v) is 1.42. The van der Waals surface area contributed by atoms with Gasteiger partial charge in [-0.05, 0) is 6.42 Å². The number of aliphatic hydroxyl groups is 1. The summed E-state index contributed by atoms with van der Waals surface area (Å²) in [6.07, 6.45) is 11.8. The van der Waals surface area contributed by atoms with Crippen LogP contribution in [-0.2, 0) is 10.4 Å². The molecule has 18 heavy (non-hydrogen) atoms. The molecule has 0 aliphatic heterocycles. The molecule has 0 spiro atoms. The van der Waals surface area contributed by atoms with E-state index in [0.29, 0.717) is 6.61 Å². The predicted octanol–water partition coefficient (Wildman–Crippen LogP) is 3.02. The van der Waals surface area contributed by atoms with Gasteiger partial charge >= 0.3 is 10.4 Å². The number of aliphatic hydroxyl groups excluding tert-OH is 1. The Bertz CT molecular complexity index is 214. The topological polar surface area (TPSA) is 130 Å². The molecular weight excluding hydrogens is 258 g/mol. The lowest BCUT2D eigenvalue weighted by molar-refractivity contribution is 0.282. The van der Waals surface area contributed by atoms with E-state index in [2.05, 4.69) is 6.92 Å². The van der Waals surface area contributed by atoms with Gasteiger partial charge in [-0.2, -0.15) is 8.42 Å². The third-order valence-electron chi connectivity index (χ3n) is 2.26. The monoisotopic (exact) mass is 287 g/mol. The molecule has 0 aromatic heterocycles. The second-order valence-electron chi connectivity index (χ2n) is 4.00. The molecule has 0 bridgehead atoms. The Kier molecular flexibility index (Phi) is 21.4. The van der Waals surface area contributed by atoms with Crippen LogP contribution in [0, 0.1) is 0 Å². The smallest absolute Gasteiger partial charge is 0.394 e. The first kappa shape index (κ1) is 22.9. The summed E-state index contributed by atoms with van der Waals surface area (Å²) in [5, 5.41) is 8.54. The Hall–Kier alpha value is -0.210. The van der Waals surface area contributed by atoms with Gasteiger partial charge in [0.25, 0.3) is 0 Å². The van der Waals surface area contributed by atoms with Gasteiger partial charge in [-0.1, -0.05) is 58.3 Å². The van der Waals surface area contributed by atoms with Crippen molar-refractivity contribution < 1.29 is 22.6 Å². The quantitative estimate of drug-likeness (QED) is 0.381. The zero-order valence-electron chi connectivity index (χ0n) is 11.3. The normalized spacial score (nSPS) is 10.2. The Balaban J connectivity index is -0.000000321. The van der Waals surface area contributed by atoms with E-state index in [1.54, 1.807) is 0 Å². The van der Waals surface area contributed by atoms with Crippen molar-refractivity contribution in [3.05, 3.63) is 0 Å². The van der Waals surface area contributed by atoms with Crippen LogP contribution in [0.2, 0.25) is 0 Å². The Labute approximate surface area is 111 Å². The summed E-state index contributed by atoms with van der Waals surface area (Å²) in [4.78, 5) is 0. The highest BCUT2D eigenvalue weighted by Crippen LogP contribution is 2.08. The molecular formula is C11H29NO5S. The SMILES string of the molecule is CCCCCCCCCCCO.N.O=S(=O)(O)O. The van der Waals surface area contributed by atoms with Crippen LogP contribution in [0.4, 0.5) is 0 Å². The van der Waals surface area contributed by atoms with E-state index in [1.165, 1.54) is 51.4 Å². The van der Waals surface area contributed by atoms with E-state index >= 15 is 0 Å². The highest BCUT2D eigenvalue weighted by atomic mass is 32.3. The lowest BCUT2D eigenvalue weighted by atomic mass is 10.1. The van der Waals surface area contributed by atoms with Crippen molar-refractivity contribution in [2.24, 2.45) is 0 Å². The molecule has 7 heteroatoms. The van der Waals surface area contributed by atoms with Crippen molar-refractivity contribution in [2.45, 2.75) is 64.7 Å². The second kappa shape index (κ2) is 16.8. The molecule has 0 saturated heterocycles. The van der Waals surface area contributed by atoms with Crippen molar-refractivity contribution in [1.29, 1.82) is 0 Å². The lowest BCUT2D eigenvalue weighted by Gasteiger charge is -1.99. The van der Waals surface area contributed by atoms with Gasteiger partial charge in [0.05, 0.1) is 0 Å². The van der Waals surface area contributed by atoms with Crippen LogP contribution in [-0.4, -0.2) is 29.2 Å². The molecule has 0 aliphatic carbocycles. The van der Waals surface area contributed by atoms with Crippen LogP contribution in [0.1, 0.15) is 64.7 Å². The minimum atomic E-state index is -4.67. The Morgan fingerprint density at radius 2 is 1.06 bits per heavy atom. The summed E-state index contributed by atoms with van der Waals surface area (Å²) >= 11 is 0. The maximum Gasteiger partial charge on any atom is 0.394 e. The molecule has 0 fully saturated rings. The van der Waals surface area contributed by atoms with E-state index in [1.807, 2.05) is 0 Å². The van der Waals surface area contributed by atoms with Crippen LogP contribution in [0.15, 0.2) is 0 Å². The number of hydrogen-bond acceptors (Lipinski definition) is 4. The molecule has 0 unspecified atom stereocenters. The fraction of sp³-hybridized carbons (Fsp3) is 1.00. The van der Waals surface area contributed by atoms with Crippen molar-refractivity contribution >= 4 is 10.4 Å². The maximum atomic E-state index is 8.74. The second-order valence-corrected chi connectivity index (χ2v) is 4.90. The van der Waals surface area contributed by atoms with Gasteiger partial charge in [-0.25, -0.2) is 0 Å². The average Bonchev–Trinajstić information content (AvgIpc) is 2.20. The van der Waals surface area contributed by atoms with Gasteiger partial charge in [0.15, 0.2) is 0 Å². The van der Waals surface area contributed by atoms with Gasteiger partial charge in [0.2, 0.25) is 0 Å². The summed E-state index contributed by atoms with van der Waals surface area (Å²) in [5.41, 5.74) is 0. The summed E-state index contributed by atoms with van der Waals surface area (Å²) in [5.74, 6) is 0. The molecule has 0 radical (unpaired) electrons. The minimum absolute atomic E-state index is 0. The van der Waals surface area contributed by atoms with E-state index in [-0.39, 0.29) is 6.15 Å². The standard InChI is InChI=1S/C11H24O.H3N.H2O4S/c1-2-3-4-5-6-7-8-9-10-11-12;;1-5(2,3)4/h12H,2-11H2,1H3;1H3;(H2,1,2,3,4). The fourth-order valence-electron chi connectivity index (χ4n) is 1.42. The first-order valence-electron chi connectivity index (χ1n) is 6.22. The molecule has 0 rings (SSSR count). The zero-order chi connectivity index (χ0) is 13.6. The van der Waals surface area contributed by atoms with Crippen LogP contribution in [0.5, 0.6) is 0 Å². The van der Waals surface area contributed by atoms with Gasteiger partial charge in [-0.3, -0.25) is 9.11 Å². The summed E-state index contributed by atoms with van der Waals surface area (Å²) in [7, 11) is -4.67. The van der Waals surface area contributed by atoms with E-state index in [0.717, 1.165) is 6.42 Å². The Morgan fingerprint density at radius 1 is 0.778 bits per heavy atom. The summed E-state index contributed by atoms with van der Waals surface area (Å²) in [6.45, 7) is 2.62. The molecule has 0 aliphatic rings. The highest BCUT2D eigenvalue weighted by molar-refractivity contribution is 7.79. The first-order chi connectivity index (χ1) is 7.91. The third-order valence-corrected chi connectivity index (χ3v) is 2.26. The molecule has 0 amide bonds. The lowest BCUT2D eigenvalue weighted by Crippen LogP contribution is -1.89. The van der Waals surface area contributed by atoms with Crippen molar-refractivity contribution in [2.75, 3.05) is 6.61 Å². The first-order valence-corrected chi connectivity index (χ1v) is 7.62. The van der Waals surface area contributed by atoms with Crippen molar-refractivity contribution in [1.82, 2.24) is 6.15 Å². The largest absolute Gasteiger partial charge is 0.396 e. The number of hydrogen-bond donors (Lipinski definition) is 4. The van der Waals surface area contributed by atoms with Crippen molar-refractivity contribution in [3.63, 3.8) is 0 Å². The molecule has 0 aromatic rings. The zero-order valence-corrected chi connectivity index (χ0v) is 12.2. The van der Waals surface area contributed by atoms with Crippen molar-refractivity contribution in [3.8, 4) is 0 Å². The van der Waals surface area contributed by atoms with Crippen LogP contribution < -0.4 is 6.15 Å². The van der Waals surface area contributed by atoms with Gasteiger partial charge in [0.1, 0.15) is 0 Å². The number of unbranched alkanes of at least 4 members (excludes halogenated alkanes) is 8. The van der Waals surface area contributed by atoms with Gasteiger partial charge < -0.3 is 11.3 Å². The summed E-state index contributed by atoms with van der Waals surface area (Å²) < 4.78 is 31.6. The van der Waals surface area contributed by atoms with E-state index < -0.39 is 10.4 Å². The van der Waals surface area contributed by atoms with Crippen LogP contribution >= 0.6 is 0 Å². The molecule has 0 atom stereocenters. The van der Waals surface area contributed by atoms with Crippen LogP contribution in [0.3, 0.4) is 0 Å². The van der Waals surface area contributed by atoms with Gasteiger partial charge in [-0.15, -0.1) is 0 Å². The Morgan fingerprint density at radius 3 is 1.33 bits per heavy atom. The third kappa shape index (κ3) is 44.7.